The van der Waals surface area contributed by atoms with Crippen molar-refractivity contribution in [3.8, 4) is 0 Å². The van der Waals surface area contributed by atoms with Crippen molar-refractivity contribution in [2.75, 3.05) is 6.54 Å². The van der Waals surface area contributed by atoms with Crippen molar-refractivity contribution in [2.45, 2.75) is 43.3 Å². The molecule has 0 saturated heterocycles. The standard InChI is InChI=1S/C20H22N4OS2/c1-14(16-6-4-3-5-7-16)24-13-21-22-20(24)27-15(2)19(25)23-10-8-18-17(12-23)9-11-26-18/h3-7,9,11,13-15H,8,10,12H2,1-2H3. The summed E-state index contributed by atoms with van der Waals surface area (Å²) >= 11 is 3.28. The van der Waals surface area contributed by atoms with E-state index in [0.29, 0.717) is 0 Å². The number of carbonyl (C=O) groups is 1. The van der Waals surface area contributed by atoms with Crippen LogP contribution in [0.1, 0.15) is 35.9 Å². The molecule has 140 valence electrons. The molecule has 0 aliphatic carbocycles. The summed E-state index contributed by atoms with van der Waals surface area (Å²) < 4.78 is 2.04. The van der Waals surface area contributed by atoms with Gasteiger partial charge in [-0.25, -0.2) is 0 Å². The summed E-state index contributed by atoms with van der Waals surface area (Å²) in [7, 11) is 0. The number of thiophene rings is 1. The van der Waals surface area contributed by atoms with Crippen LogP contribution in [0.2, 0.25) is 0 Å². The summed E-state index contributed by atoms with van der Waals surface area (Å²) in [5.74, 6) is 0.166. The molecule has 2 atom stereocenters. The van der Waals surface area contributed by atoms with Gasteiger partial charge in [0.1, 0.15) is 6.33 Å². The van der Waals surface area contributed by atoms with Gasteiger partial charge in [-0.05, 0) is 42.8 Å². The maximum absolute atomic E-state index is 13.0. The van der Waals surface area contributed by atoms with Crippen LogP contribution in [0.5, 0.6) is 0 Å². The maximum Gasteiger partial charge on any atom is 0.236 e. The second-order valence-corrected chi connectivity index (χ2v) is 9.05. The van der Waals surface area contributed by atoms with Crippen molar-refractivity contribution >= 4 is 29.0 Å². The SMILES string of the molecule is CC(Sc1nncn1C(C)c1ccccc1)C(=O)N1CCc2sccc2C1. The molecule has 4 rings (SSSR count). The number of amides is 1. The van der Waals surface area contributed by atoms with Gasteiger partial charge in [0.25, 0.3) is 0 Å². The van der Waals surface area contributed by atoms with Crippen molar-refractivity contribution < 1.29 is 4.79 Å². The Morgan fingerprint density at radius 3 is 2.85 bits per heavy atom. The lowest BCUT2D eigenvalue weighted by atomic mass is 10.1. The van der Waals surface area contributed by atoms with Gasteiger partial charge in [-0.3, -0.25) is 4.79 Å². The topological polar surface area (TPSA) is 51.0 Å². The molecule has 0 spiro atoms. The van der Waals surface area contributed by atoms with E-state index in [1.165, 1.54) is 27.8 Å². The van der Waals surface area contributed by atoms with Crippen molar-refractivity contribution in [1.29, 1.82) is 0 Å². The van der Waals surface area contributed by atoms with Crippen LogP contribution in [0.3, 0.4) is 0 Å². The van der Waals surface area contributed by atoms with Gasteiger partial charge in [0.2, 0.25) is 5.91 Å². The van der Waals surface area contributed by atoms with Crippen molar-refractivity contribution in [2.24, 2.45) is 0 Å². The van der Waals surface area contributed by atoms with Crippen molar-refractivity contribution in [1.82, 2.24) is 19.7 Å². The van der Waals surface area contributed by atoms with Crippen LogP contribution in [0.25, 0.3) is 0 Å². The average molecular weight is 399 g/mol. The van der Waals surface area contributed by atoms with Crippen molar-refractivity contribution in [3.63, 3.8) is 0 Å². The Balaban J connectivity index is 1.45. The number of carbonyl (C=O) groups excluding carboxylic acids is 1. The van der Waals surface area contributed by atoms with E-state index in [1.807, 2.05) is 34.6 Å². The number of nitrogens with zero attached hydrogens (tertiary/aromatic N) is 4. The molecule has 0 N–H and O–H groups in total. The van der Waals surface area contributed by atoms with Crippen LogP contribution in [0.4, 0.5) is 0 Å². The highest BCUT2D eigenvalue weighted by atomic mass is 32.2. The normalized spacial score (nSPS) is 16.0. The number of aromatic nitrogens is 3. The molecule has 2 unspecified atom stereocenters. The third-order valence-electron chi connectivity index (χ3n) is 4.99. The third-order valence-corrected chi connectivity index (χ3v) is 7.07. The molecule has 1 aliphatic heterocycles. The minimum Gasteiger partial charge on any atom is -0.337 e. The highest BCUT2D eigenvalue weighted by molar-refractivity contribution is 8.00. The monoisotopic (exact) mass is 398 g/mol. The summed E-state index contributed by atoms with van der Waals surface area (Å²) in [6.45, 7) is 5.60. The zero-order valence-corrected chi connectivity index (χ0v) is 17.0. The molecule has 1 amide bonds. The zero-order valence-electron chi connectivity index (χ0n) is 15.4. The number of benzene rings is 1. The van der Waals surface area contributed by atoms with E-state index in [1.54, 1.807) is 17.7 Å². The molecule has 0 radical (unpaired) electrons. The molecule has 5 nitrogen and oxygen atoms in total. The second kappa shape index (κ2) is 7.86. The first-order valence-corrected chi connectivity index (χ1v) is 10.8. The average Bonchev–Trinajstić information content (AvgIpc) is 3.36. The lowest BCUT2D eigenvalue weighted by Crippen LogP contribution is -2.39. The van der Waals surface area contributed by atoms with Crippen molar-refractivity contribution in [3.05, 3.63) is 64.1 Å². The van der Waals surface area contributed by atoms with E-state index in [9.17, 15) is 4.79 Å². The quantitative estimate of drug-likeness (QED) is 0.609. The zero-order chi connectivity index (χ0) is 18.8. The van der Waals surface area contributed by atoms with Gasteiger partial charge in [-0.15, -0.1) is 21.5 Å². The van der Waals surface area contributed by atoms with E-state index >= 15 is 0 Å². The molecular formula is C20H22N4OS2. The Kier molecular flexibility index (Phi) is 5.31. The number of fused-ring (bicyclic) bond motifs is 1. The number of thioether (sulfide) groups is 1. The summed E-state index contributed by atoms with van der Waals surface area (Å²) in [5, 5.41) is 11.0. The van der Waals surface area contributed by atoms with E-state index in [2.05, 4.69) is 40.7 Å². The minimum absolute atomic E-state index is 0.120. The molecule has 1 aromatic carbocycles. The molecule has 27 heavy (non-hydrogen) atoms. The van der Waals surface area contributed by atoms with Gasteiger partial charge in [-0.2, -0.15) is 0 Å². The van der Waals surface area contributed by atoms with Crippen LogP contribution in [-0.4, -0.2) is 37.4 Å². The van der Waals surface area contributed by atoms with E-state index in [0.717, 1.165) is 24.7 Å². The highest BCUT2D eigenvalue weighted by Gasteiger charge is 2.27. The number of hydrogen-bond donors (Lipinski definition) is 0. The third kappa shape index (κ3) is 3.80. The largest absolute Gasteiger partial charge is 0.337 e. The van der Waals surface area contributed by atoms with Crippen LogP contribution in [-0.2, 0) is 17.8 Å². The van der Waals surface area contributed by atoms with Gasteiger partial charge in [0.05, 0.1) is 11.3 Å². The van der Waals surface area contributed by atoms with Crippen LogP contribution >= 0.6 is 23.1 Å². The first kappa shape index (κ1) is 18.3. The second-order valence-electron chi connectivity index (χ2n) is 6.75. The minimum atomic E-state index is -0.198. The molecule has 0 bridgehead atoms. The van der Waals surface area contributed by atoms with Gasteiger partial charge in [0, 0.05) is 18.0 Å². The molecule has 0 fully saturated rings. The van der Waals surface area contributed by atoms with E-state index in [-0.39, 0.29) is 17.2 Å². The van der Waals surface area contributed by atoms with Gasteiger partial charge >= 0.3 is 0 Å². The molecule has 1 aliphatic rings. The molecule has 3 heterocycles. The highest BCUT2D eigenvalue weighted by Crippen LogP contribution is 2.30. The first-order chi connectivity index (χ1) is 13.1. The molecule has 7 heteroatoms. The van der Waals surface area contributed by atoms with Gasteiger partial charge in [-0.1, -0.05) is 42.1 Å². The van der Waals surface area contributed by atoms with Gasteiger partial charge < -0.3 is 9.47 Å². The Morgan fingerprint density at radius 1 is 1.22 bits per heavy atom. The summed E-state index contributed by atoms with van der Waals surface area (Å²) in [6, 6.07) is 12.5. The van der Waals surface area contributed by atoms with Gasteiger partial charge in [0.15, 0.2) is 5.16 Å². The number of hydrogen-bond acceptors (Lipinski definition) is 5. The Morgan fingerprint density at radius 2 is 2.04 bits per heavy atom. The lowest BCUT2D eigenvalue weighted by Gasteiger charge is -2.29. The Hall–Kier alpha value is -2.12. The van der Waals surface area contributed by atoms with Crippen LogP contribution in [0.15, 0.2) is 53.3 Å². The summed E-state index contributed by atoms with van der Waals surface area (Å²) in [4.78, 5) is 16.3. The number of rotatable bonds is 5. The predicted octanol–water partition coefficient (Wildman–Crippen LogP) is 4.01. The molecular weight excluding hydrogens is 376 g/mol. The fraction of sp³-hybridized carbons (Fsp3) is 0.350. The molecule has 0 saturated carbocycles. The van der Waals surface area contributed by atoms with Crippen LogP contribution < -0.4 is 0 Å². The van der Waals surface area contributed by atoms with E-state index in [4.69, 9.17) is 0 Å². The van der Waals surface area contributed by atoms with E-state index < -0.39 is 0 Å². The summed E-state index contributed by atoms with van der Waals surface area (Å²) in [5.41, 5.74) is 2.48. The maximum atomic E-state index is 13.0. The fourth-order valence-corrected chi connectivity index (χ4v) is 5.25. The Labute approximate surface area is 167 Å². The predicted molar refractivity (Wildman–Crippen MR) is 109 cm³/mol. The summed E-state index contributed by atoms with van der Waals surface area (Å²) in [6.07, 6.45) is 2.70. The first-order valence-electron chi connectivity index (χ1n) is 9.08. The smallest absolute Gasteiger partial charge is 0.236 e. The lowest BCUT2D eigenvalue weighted by molar-refractivity contribution is -0.131. The molecule has 3 aromatic rings. The van der Waals surface area contributed by atoms with Crippen LogP contribution in [0, 0.1) is 0 Å². The molecule has 2 aromatic heterocycles. The Bertz CT molecular complexity index is 921. The fourth-order valence-electron chi connectivity index (χ4n) is 3.38.